The first-order valence-corrected chi connectivity index (χ1v) is 5.17. The number of alkyl halides is 2. The highest BCUT2D eigenvalue weighted by Gasteiger charge is 2.26. The Bertz CT molecular complexity index is 189. The number of carbonyl (C=O) groups is 1. The highest BCUT2D eigenvalue weighted by Crippen LogP contribution is 2.21. The molecule has 1 fully saturated rings. The van der Waals surface area contributed by atoms with Crippen molar-refractivity contribution in [3.8, 4) is 0 Å². The van der Waals surface area contributed by atoms with Crippen LogP contribution in [0.2, 0.25) is 0 Å². The molecular formula is C10H17F2NO. The van der Waals surface area contributed by atoms with Crippen molar-refractivity contribution in [1.29, 1.82) is 0 Å². The van der Waals surface area contributed by atoms with Gasteiger partial charge in [0.1, 0.15) is 0 Å². The quantitative estimate of drug-likeness (QED) is 0.634. The second-order valence-corrected chi connectivity index (χ2v) is 3.90. The molecule has 0 bridgehead atoms. The second kappa shape index (κ2) is 5.27. The summed E-state index contributed by atoms with van der Waals surface area (Å²) in [5.74, 6) is -1.03. The van der Waals surface area contributed by atoms with Gasteiger partial charge in [-0.3, -0.25) is 4.79 Å². The Morgan fingerprint density at radius 3 is 2.14 bits per heavy atom. The first kappa shape index (κ1) is 11.4. The number of amides is 1. The molecule has 1 aliphatic carbocycles. The molecule has 14 heavy (non-hydrogen) atoms. The van der Waals surface area contributed by atoms with Gasteiger partial charge in [-0.2, -0.15) is 8.78 Å². The lowest BCUT2D eigenvalue weighted by atomic mass is 10.1. The van der Waals surface area contributed by atoms with Crippen LogP contribution in [0.3, 0.4) is 0 Å². The smallest absolute Gasteiger partial charge is 0.315 e. The van der Waals surface area contributed by atoms with E-state index in [9.17, 15) is 13.6 Å². The number of carbonyl (C=O) groups excluding carboxylic acids is 1. The predicted octanol–water partition coefficient (Wildman–Crippen LogP) is 2.43. The highest BCUT2D eigenvalue weighted by molar-refractivity contribution is 5.79. The second-order valence-electron chi connectivity index (χ2n) is 3.90. The molecule has 1 aliphatic rings. The Labute approximate surface area is 83.3 Å². The maximum Gasteiger partial charge on any atom is 0.315 e. The van der Waals surface area contributed by atoms with Gasteiger partial charge >= 0.3 is 6.43 Å². The van der Waals surface area contributed by atoms with Gasteiger partial charge < -0.3 is 4.90 Å². The monoisotopic (exact) mass is 205 g/mol. The summed E-state index contributed by atoms with van der Waals surface area (Å²) in [6, 6.07) is 0.0269. The Balaban J connectivity index is 2.49. The van der Waals surface area contributed by atoms with E-state index in [1.165, 1.54) is 11.9 Å². The van der Waals surface area contributed by atoms with Crippen molar-refractivity contribution in [2.24, 2.45) is 0 Å². The van der Waals surface area contributed by atoms with Crippen molar-refractivity contribution in [1.82, 2.24) is 4.90 Å². The summed E-state index contributed by atoms with van der Waals surface area (Å²) in [5.41, 5.74) is 0. The summed E-state index contributed by atoms with van der Waals surface area (Å²) in [4.78, 5) is 12.3. The average Bonchev–Trinajstić information content (AvgIpc) is 2.43. The van der Waals surface area contributed by atoms with Crippen molar-refractivity contribution in [2.75, 3.05) is 7.05 Å². The van der Waals surface area contributed by atoms with Crippen LogP contribution in [-0.2, 0) is 4.79 Å². The summed E-state index contributed by atoms with van der Waals surface area (Å²) in [5, 5.41) is 0. The molecule has 0 saturated heterocycles. The van der Waals surface area contributed by atoms with Crippen molar-refractivity contribution < 1.29 is 13.6 Å². The highest BCUT2D eigenvalue weighted by atomic mass is 19.3. The van der Waals surface area contributed by atoms with Gasteiger partial charge in [-0.15, -0.1) is 0 Å². The molecule has 1 amide bonds. The van der Waals surface area contributed by atoms with Crippen LogP contribution in [0.1, 0.15) is 38.5 Å². The van der Waals surface area contributed by atoms with Crippen molar-refractivity contribution >= 4 is 5.91 Å². The van der Waals surface area contributed by atoms with Gasteiger partial charge in [0.25, 0.3) is 5.91 Å². The third-order valence-corrected chi connectivity index (χ3v) is 2.91. The standard InChI is InChI=1S/C10H17F2NO/c1-13(10(14)9(11)12)8-6-4-2-3-5-7-8/h8-9H,2-7H2,1H3. The molecular weight excluding hydrogens is 188 g/mol. The number of halogens is 2. The summed E-state index contributed by atoms with van der Waals surface area (Å²) in [6.07, 6.45) is 3.30. The van der Waals surface area contributed by atoms with Gasteiger partial charge in [-0.25, -0.2) is 0 Å². The van der Waals surface area contributed by atoms with Gasteiger partial charge in [-0.05, 0) is 12.8 Å². The van der Waals surface area contributed by atoms with E-state index in [0.717, 1.165) is 38.5 Å². The molecule has 4 heteroatoms. The summed E-state index contributed by atoms with van der Waals surface area (Å²) in [7, 11) is 1.49. The molecule has 0 aromatic rings. The van der Waals surface area contributed by atoms with Crippen LogP contribution in [0, 0.1) is 0 Å². The van der Waals surface area contributed by atoms with E-state index in [2.05, 4.69) is 0 Å². The number of nitrogens with zero attached hydrogens (tertiary/aromatic N) is 1. The predicted molar refractivity (Wildman–Crippen MR) is 50.3 cm³/mol. The number of rotatable bonds is 2. The lowest BCUT2D eigenvalue weighted by molar-refractivity contribution is -0.143. The Hall–Kier alpha value is -0.670. The normalized spacial score (nSPS) is 19.4. The van der Waals surface area contributed by atoms with Crippen LogP contribution in [0.4, 0.5) is 8.78 Å². The molecule has 82 valence electrons. The molecule has 0 aromatic heterocycles. The molecule has 1 rings (SSSR count). The van der Waals surface area contributed by atoms with Crippen LogP contribution in [-0.4, -0.2) is 30.3 Å². The van der Waals surface area contributed by atoms with Crippen LogP contribution in [0.15, 0.2) is 0 Å². The summed E-state index contributed by atoms with van der Waals surface area (Å²) >= 11 is 0. The molecule has 1 saturated carbocycles. The van der Waals surface area contributed by atoms with Crippen LogP contribution in [0.25, 0.3) is 0 Å². The Morgan fingerprint density at radius 1 is 1.21 bits per heavy atom. The zero-order chi connectivity index (χ0) is 10.6. The minimum Gasteiger partial charge on any atom is -0.338 e. The molecule has 0 N–H and O–H groups in total. The summed E-state index contributed by atoms with van der Waals surface area (Å²) in [6.45, 7) is 0. The fourth-order valence-electron chi connectivity index (χ4n) is 1.98. The molecule has 0 radical (unpaired) electrons. The number of hydrogen-bond donors (Lipinski definition) is 0. The molecule has 2 nitrogen and oxygen atoms in total. The minimum atomic E-state index is -2.86. The topological polar surface area (TPSA) is 20.3 Å². The van der Waals surface area contributed by atoms with Gasteiger partial charge in [0.05, 0.1) is 0 Å². The number of hydrogen-bond acceptors (Lipinski definition) is 1. The Kier molecular flexibility index (Phi) is 4.29. The van der Waals surface area contributed by atoms with E-state index < -0.39 is 12.3 Å². The van der Waals surface area contributed by atoms with E-state index in [-0.39, 0.29) is 6.04 Å². The van der Waals surface area contributed by atoms with E-state index in [1.54, 1.807) is 0 Å². The summed E-state index contributed by atoms with van der Waals surface area (Å²) < 4.78 is 24.3. The average molecular weight is 205 g/mol. The van der Waals surface area contributed by atoms with E-state index in [1.807, 2.05) is 0 Å². The minimum absolute atomic E-state index is 0.0269. The van der Waals surface area contributed by atoms with Gasteiger partial charge in [-0.1, -0.05) is 25.7 Å². The van der Waals surface area contributed by atoms with Gasteiger partial charge in [0.2, 0.25) is 0 Å². The molecule has 0 spiro atoms. The van der Waals surface area contributed by atoms with Crippen LogP contribution >= 0.6 is 0 Å². The Morgan fingerprint density at radius 2 is 1.71 bits per heavy atom. The van der Waals surface area contributed by atoms with E-state index in [4.69, 9.17) is 0 Å². The lowest BCUT2D eigenvalue weighted by Gasteiger charge is -2.26. The third kappa shape index (κ3) is 2.93. The lowest BCUT2D eigenvalue weighted by Crippen LogP contribution is -2.40. The van der Waals surface area contributed by atoms with Crippen LogP contribution in [0.5, 0.6) is 0 Å². The molecule has 0 aromatic carbocycles. The maximum atomic E-state index is 12.1. The zero-order valence-corrected chi connectivity index (χ0v) is 8.51. The van der Waals surface area contributed by atoms with Crippen molar-refractivity contribution in [2.45, 2.75) is 51.0 Å². The van der Waals surface area contributed by atoms with E-state index >= 15 is 0 Å². The van der Waals surface area contributed by atoms with Crippen LogP contribution < -0.4 is 0 Å². The van der Waals surface area contributed by atoms with Crippen molar-refractivity contribution in [3.63, 3.8) is 0 Å². The molecule has 0 heterocycles. The third-order valence-electron chi connectivity index (χ3n) is 2.91. The fourth-order valence-corrected chi connectivity index (χ4v) is 1.98. The molecule has 0 unspecified atom stereocenters. The fraction of sp³-hybridized carbons (Fsp3) is 0.900. The largest absolute Gasteiger partial charge is 0.338 e. The molecule has 0 atom stereocenters. The van der Waals surface area contributed by atoms with Crippen molar-refractivity contribution in [3.05, 3.63) is 0 Å². The van der Waals surface area contributed by atoms with Gasteiger partial charge in [0, 0.05) is 13.1 Å². The maximum absolute atomic E-state index is 12.1. The molecule has 0 aliphatic heterocycles. The first-order chi connectivity index (χ1) is 6.63. The SMILES string of the molecule is CN(C(=O)C(F)F)C1CCCCCC1. The van der Waals surface area contributed by atoms with Gasteiger partial charge in [0.15, 0.2) is 0 Å². The first-order valence-electron chi connectivity index (χ1n) is 5.17. The zero-order valence-electron chi connectivity index (χ0n) is 8.51. The van der Waals surface area contributed by atoms with E-state index in [0.29, 0.717) is 0 Å².